The summed E-state index contributed by atoms with van der Waals surface area (Å²) in [5, 5.41) is 4.07. The van der Waals surface area contributed by atoms with Crippen LogP contribution in [0.1, 0.15) is 41.7 Å². The third kappa shape index (κ3) is 2.25. The summed E-state index contributed by atoms with van der Waals surface area (Å²) in [6.45, 7) is 1.71. The second kappa shape index (κ2) is 4.84. The summed E-state index contributed by atoms with van der Waals surface area (Å²) in [5.41, 5.74) is 0.943. The number of nitrogens with zero attached hydrogens (tertiary/aromatic N) is 2. The molecule has 1 heterocycles. The van der Waals surface area contributed by atoms with E-state index in [1.165, 1.54) is 4.68 Å². The molecule has 18 heavy (non-hydrogen) atoms. The maximum atomic E-state index is 12.3. The molecule has 5 nitrogen and oxygen atoms in total. The Kier molecular flexibility index (Phi) is 3.41. The first-order valence-electron chi connectivity index (χ1n) is 6.10. The van der Waals surface area contributed by atoms with E-state index >= 15 is 0 Å². The van der Waals surface area contributed by atoms with Crippen molar-refractivity contribution in [1.82, 2.24) is 9.78 Å². The van der Waals surface area contributed by atoms with Gasteiger partial charge in [0.1, 0.15) is 5.92 Å². The number of aryl methyl sites for hydroxylation is 2. The van der Waals surface area contributed by atoms with Gasteiger partial charge in [0, 0.05) is 26.1 Å². The molecule has 1 aliphatic carbocycles. The third-order valence-electron chi connectivity index (χ3n) is 3.28. The zero-order valence-corrected chi connectivity index (χ0v) is 10.6. The summed E-state index contributed by atoms with van der Waals surface area (Å²) in [7, 11) is 1.71. The highest BCUT2D eigenvalue weighted by Crippen LogP contribution is 2.22. The van der Waals surface area contributed by atoms with Crippen LogP contribution in [0.2, 0.25) is 0 Å². The maximum absolute atomic E-state index is 12.3. The van der Waals surface area contributed by atoms with E-state index in [1.807, 2.05) is 0 Å². The number of aromatic nitrogens is 2. The average molecular weight is 248 g/mol. The smallest absolute Gasteiger partial charge is 0.184 e. The second-order valence-electron chi connectivity index (χ2n) is 4.74. The van der Waals surface area contributed by atoms with Crippen molar-refractivity contribution in [2.45, 2.75) is 32.6 Å². The summed E-state index contributed by atoms with van der Waals surface area (Å²) >= 11 is 0. The van der Waals surface area contributed by atoms with Crippen molar-refractivity contribution in [2.75, 3.05) is 0 Å². The molecule has 1 aromatic rings. The first-order valence-corrected chi connectivity index (χ1v) is 6.10. The van der Waals surface area contributed by atoms with Gasteiger partial charge in [-0.25, -0.2) is 0 Å². The van der Waals surface area contributed by atoms with Gasteiger partial charge in [-0.15, -0.1) is 0 Å². The van der Waals surface area contributed by atoms with Crippen LogP contribution < -0.4 is 0 Å². The van der Waals surface area contributed by atoms with Gasteiger partial charge in [0.15, 0.2) is 17.3 Å². The molecule has 0 aliphatic heterocycles. The molecule has 1 aromatic heterocycles. The fourth-order valence-electron chi connectivity index (χ4n) is 2.36. The van der Waals surface area contributed by atoms with Gasteiger partial charge >= 0.3 is 0 Å². The van der Waals surface area contributed by atoms with Crippen LogP contribution in [0.4, 0.5) is 0 Å². The van der Waals surface area contributed by atoms with Crippen molar-refractivity contribution >= 4 is 17.3 Å². The van der Waals surface area contributed by atoms with E-state index in [0.717, 1.165) is 0 Å². The molecule has 0 aromatic carbocycles. The van der Waals surface area contributed by atoms with Crippen molar-refractivity contribution in [1.29, 1.82) is 0 Å². The van der Waals surface area contributed by atoms with Gasteiger partial charge in [-0.3, -0.25) is 19.1 Å². The van der Waals surface area contributed by atoms with E-state index in [2.05, 4.69) is 5.10 Å². The summed E-state index contributed by atoms with van der Waals surface area (Å²) in [4.78, 5) is 36.1. The Balaban J connectivity index is 2.34. The van der Waals surface area contributed by atoms with E-state index in [0.29, 0.717) is 36.9 Å². The average Bonchev–Trinajstić information content (AvgIpc) is 2.54. The first kappa shape index (κ1) is 12.7. The van der Waals surface area contributed by atoms with E-state index in [-0.39, 0.29) is 11.6 Å². The lowest BCUT2D eigenvalue weighted by Crippen LogP contribution is -2.30. The molecule has 2 rings (SSSR count). The number of rotatable bonds is 2. The SMILES string of the molecule is Cc1nn(C)cc1C(=O)C1C(=O)CCCCC1=O. The topological polar surface area (TPSA) is 69.0 Å². The molecule has 96 valence electrons. The number of ketones is 3. The predicted octanol–water partition coefficient (Wildman–Crippen LogP) is 1.24. The van der Waals surface area contributed by atoms with Gasteiger partial charge in [-0.2, -0.15) is 5.10 Å². The largest absolute Gasteiger partial charge is 0.298 e. The van der Waals surface area contributed by atoms with Crippen LogP contribution in [0, 0.1) is 12.8 Å². The van der Waals surface area contributed by atoms with E-state index in [4.69, 9.17) is 0 Å². The predicted molar refractivity (Wildman–Crippen MR) is 64.2 cm³/mol. The summed E-state index contributed by atoms with van der Waals surface area (Å²) in [6.07, 6.45) is 3.60. The molecule has 1 fully saturated rings. The van der Waals surface area contributed by atoms with Crippen LogP contribution in [-0.4, -0.2) is 27.1 Å². The minimum absolute atomic E-state index is 0.245. The number of carbonyl (C=O) groups excluding carboxylic acids is 3. The standard InChI is InChI=1S/C13H16N2O3/c1-8-9(7-15(2)14-8)13(18)12-10(16)5-3-4-6-11(12)17/h7,12H,3-6H2,1-2H3. The van der Waals surface area contributed by atoms with Gasteiger partial charge in [0.2, 0.25) is 0 Å². The van der Waals surface area contributed by atoms with Crippen LogP contribution in [-0.2, 0) is 16.6 Å². The van der Waals surface area contributed by atoms with Crippen LogP contribution in [0.15, 0.2) is 6.20 Å². The van der Waals surface area contributed by atoms with Crippen LogP contribution in [0.25, 0.3) is 0 Å². The van der Waals surface area contributed by atoms with Crippen molar-refractivity contribution in [3.05, 3.63) is 17.5 Å². The molecule has 0 amide bonds. The molecular formula is C13H16N2O3. The number of hydrogen-bond donors (Lipinski definition) is 0. The Morgan fingerprint density at radius 1 is 1.28 bits per heavy atom. The minimum Gasteiger partial charge on any atom is -0.298 e. The zero-order chi connectivity index (χ0) is 13.3. The minimum atomic E-state index is -1.10. The number of Topliss-reactive ketones (excluding diaryl/α,β-unsaturated/α-hetero) is 3. The van der Waals surface area contributed by atoms with Gasteiger partial charge in [0.05, 0.1) is 11.3 Å². The zero-order valence-electron chi connectivity index (χ0n) is 10.6. The monoisotopic (exact) mass is 248 g/mol. The molecule has 0 unspecified atom stereocenters. The number of hydrogen-bond acceptors (Lipinski definition) is 4. The molecule has 0 spiro atoms. The van der Waals surface area contributed by atoms with Crippen molar-refractivity contribution in [2.24, 2.45) is 13.0 Å². The molecular weight excluding hydrogens is 232 g/mol. The molecule has 5 heteroatoms. The first-order chi connectivity index (χ1) is 8.50. The molecule has 0 N–H and O–H groups in total. The maximum Gasteiger partial charge on any atom is 0.184 e. The lowest BCUT2D eigenvalue weighted by molar-refractivity contribution is -0.129. The lowest BCUT2D eigenvalue weighted by Gasteiger charge is -2.09. The lowest BCUT2D eigenvalue weighted by atomic mass is 9.89. The summed E-state index contributed by atoms with van der Waals surface area (Å²) in [5.74, 6) is -1.98. The molecule has 1 saturated carbocycles. The van der Waals surface area contributed by atoms with Crippen molar-refractivity contribution < 1.29 is 14.4 Å². The van der Waals surface area contributed by atoms with Gasteiger partial charge < -0.3 is 0 Å². The van der Waals surface area contributed by atoms with Gasteiger partial charge in [0.25, 0.3) is 0 Å². The summed E-state index contributed by atoms with van der Waals surface area (Å²) in [6, 6.07) is 0. The van der Waals surface area contributed by atoms with Crippen molar-refractivity contribution in [3.8, 4) is 0 Å². The normalized spacial score (nSPS) is 17.9. The third-order valence-corrected chi connectivity index (χ3v) is 3.28. The molecule has 0 atom stereocenters. The Labute approximate surface area is 105 Å². The molecule has 0 radical (unpaired) electrons. The summed E-state index contributed by atoms with van der Waals surface area (Å²) < 4.78 is 1.52. The quantitative estimate of drug-likeness (QED) is 0.448. The Morgan fingerprint density at radius 2 is 1.83 bits per heavy atom. The van der Waals surface area contributed by atoms with E-state index in [1.54, 1.807) is 20.2 Å². The molecule has 0 saturated heterocycles. The van der Waals surface area contributed by atoms with Crippen molar-refractivity contribution in [3.63, 3.8) is 0 Å². The highest BCUT2D eigenvalue weighted by molar-refractivity contribution is 6.24. The highest BCUT2D eigenvalue weighted by atomic mass is 16.2. The van der Waals surface area contributed by atoms with Gasteiger partial charge in [-0.1, -0.05) is 0 Å². The van der Waals surface area contributed by atoms with Crippen LogP contribution >= 0.6 is 0 Å². The van der Waals surface area contributed by atoms with E-state index in [9.17, 15) is 14.4 Å². The van der Waals surface area contributed by atoms with Gasteiger partial charge in [-0.05, 0) is 19.8 Å². The highest BCUT2D eigenvalue weighted by Gasteiger charge is 2.36. The van der Waals surface area contributed by atoms with Crippen LogP contribution in [0.5, 0.6) is 0 Å². The number of carbonyl (C=O) groups is 3. The molecule has 1 aliphatic rings. The Morgan fingerprint density at radius 3 is 2.28 bits per heavy atom. The fourth-order valence-corrected chi connectivity index (χ4v) is 2.36. The fraction of sp³-hybridized carbons (Fsp3) is 0.538. The second-order valence-corrected chi connectivity index (χ2v) is 4.74. The van der Waals surface area contributed by atoms with E-state index < -0.39 is 11.7 Å². The molecule has 0 bridgehead atoms. The Bertz CT molecular complexity index is 498. The Hall–Kier alpha value is -1.78. The van der Waals surface area contributed by atoms with Crippen LogP contribution in [0.3, 0.4) is 0 Å².